The van der Waals surface area contributed by atoms with Crippen LogP contribution in [0.4, 0.5) is 0 Å². The first-order chi connectivity index (χ1) is 7.93. The molecule has 0 unspecified atom stereocenters. The Kier molecular flexibility index (Phi) is 4.40. The molecule has 1 heterocycles. The van der Waals surface area contributed by atoms with Crippen molar-refractivity contribution in [1.29, 1.82) is 0 Å². The highest BCUT2D eigenvalue weighted by Gasteiger charge is 2.19. The van der Waals surface area contributed by atoms with Crippen LogP contribution in [0.25, 0.3) is 0 Å². The quantitative estimate of drug-likeness (QED) is 0.748. The van der Waals surface area contributed by atoms with Crippen molar-refractivity contribution in [3.63, 3.8) is 0 Å². The topological polar surface area (TPSA) is 35.9 Å². The Morgan fingerprint density at radius 3 is 2.59 bits per heavy atom. The summed E-state index contributed by atoms with van der Waals surface area (Å²) in [6, 6.07) is 0. The van der Waals surface area contributed by atoms with Crippen molar-refractivity contribution < 1.29 is 4.79 Å². The number of hydrazine groups is 1. The van der Waals surface area contributed by atoms with E-state index in [0.717, 1.165) is 0 Å². The number of carbonyl (C=O) groups excluding carboxylic acids is 1. The summed E-state index contributed by atoms with van der Waals surface area (Å²) < 4.78 is 0. The van der Waals surface area contributed by atoms with Crippen LogP contribution in [0, 0.1) is 5.92 Å². The molecule has 0 radical (unpaired) electrons. The van der Waals surface area contributed by atoms with Gasteiger partial charge in [0.25, 0.3) is 0 Å². The lowest BCUT2D eigenvalue weighted by Gasteiger charge is -2.24. The standard InChI is InChI=1S/C13H19N3O/c1-10(2)13(17)12-11(3)8-6-7-9-16(14-12)15(4)5/h6-10H,3H2,1-2,4-5H3/b8-6-,9-7-,14-12+. The minimum absolute atomic E-state index is 0.00167. The van der Waals surface area contributed by atoms with E-state index in [0.29, 0.717) is 11.3 Å². The van der Waals surface area contributed by atoms with E-state index < -0.39 is 0 Å². The second kappa shape index (κ2) is 5.59. The number of carbonyl (C=O) groups is 1. The number of nitrogens with zero attached hydrogens (tertiary/aromatic N) is 3. The molecule has 17 heavy (non-hydrogen) atoms. The molecule has 0 aromatic heterocycles. The third kappa shape index (κ3) is 3.39. The van der Waals surface area contributed by atoms with Crippen molar-refractivity contribution in [3.05, 3.63) is 36.6 Å². The van der Waals surface area contributed by atoms with Gasteiger partial charge in [0.05, 0.1) is 0 Å². The van der Waals surface area contributed by atoms with Crippen LogP contribution < -0.4 is 0 Å². The second-order valence-corrected chi connectivity index (χ2v) is 4.36. The van der Waals surface area contributed by atoms with E-state index in [1.807, 2.05) is 40.1 Å². The predicted octanol–water partition coefficient (Wildman–Crippen LogP) is 1.99. The lowest BCUT2D eigenvalue weighted by molar-refractivity contribution is -0.115. The first-order valence-electron chi connectivity index (χ1n) is 5.57. The smallest absolute Gasteiger partial charge is 0.186 e. The molecule has 1 rings (SSSR count). The van der Waals surface area contributed by atoms with Gasteiger partial charge in [-0.3, -0.25) is 4.79 Å². The van der Waals surface area contributed by atoms with Crippen molar-refractivity contribution in [1.82, 2.24) is 10.1 Å². The highest BCUT2D eigenvalue weighted by molar-refractivity contribution is 6.47. The molecule has 92 valence electrons. The minimum atomic E-state index is -0.0914. The molecular formula is C13H19N3O. The zero-order chi connectivity index (χ0) is 13.0. The molecule has 0 bridgehead atoms. The number of Topliss-reactive ketones (excluding diaryl/α,β-unsaturated/α-hetero) is 1. The number of hydrazone groups is 1. The number of ketones is 1. The van der Waals surface area contributed by atoms with Crippen molar-refractivity contribution in [2.75, 3.05) is 14.1 Å². The summed E-state index contributed by atoms with van der Waals surface area (Å²) in [5, 5.41) is 7.73. The molecule has 4 heteroatoms. The molecule has 0 aromatic rings. The second-order valence-electron chi connectivity index (χ2n) is 4.36. The third-order valence-electron chi connectivity index (χ3n) is 2.30. The van der Waals surface area contributed by atoms with E-state index in [-0.39, 0.29) is 11.7 Å². The molecule has 0 amide bonds. The zero-order valence-corrected chi connectivity index (χ0v) is 10.8. The lowest BCUT2D eigenvalue weighted by atomic mass is 9.99. The minimum Gasteiger partial charge on any atom is -0.292 e. The predicted molar refractivity (Wildman–Crippen MR) is 70.2 cm³/mol. The van der Waals surface area contributed by atoms with Crippen molar-refractivity contribution in [2.45, 2.75) is 13.8 Å². The van der Waals surface area contributed by atoms with Crippen LogP contribution in [-0.4, -0.2) is 35.7 Å². The third-order valence-corrected chi connectivity index (χ3v) is 2.30. The molecule has 0 N–H and O–H groups in total. The van der Waals surface area contributed by atoms with E-state index in [9.17, 15) is 4.79 Å². The molecule has 1 aliphatic rings. The van der Waals surface area contributed by atoms with Crippen molar-refractivity contribution >= 4 is 11.5 Å². The van der Waals surface area contributed by atoms with Gasteiger partial charge in [0.2, 0.25) is 0 Å². The molecule has 0 saturated carbocycles. The fourth-order valence-corrected chi connectivity index (χ4v) is 1.28. The summed E-state index contributed by atoms with van der Waals surface area (Å²) in [4.78, 5) is 12.0. The van der Waals surface area contributed by atoms with Gasteiger partial charge in [0, 0.05) is 26.2 Å². The summed E-state index contributed by atoms with van der Waals surface area (Å²) in [5.74, 6) is -0.0897. The van der Waals surface area contributed by atoms with Gasteiger partial charge >= 0.3 is 0 Å². The van der Waals surface area contributed by atoms with E-state index in [1.54, 1.807) is 22.4 Å². The first kappa shape index (κ1) is 13.4. The van der Waals surface area contributed by atoms with Crippen LogP contribution in [-0.2, 0) is 4.79 Å². The summed E-state index contributed by atoms with van der Waals surface area (Å²) in [6.07, 6.45) is 7.28. The normalized spacial score (nSPS) is 23.1. The first-order valence-corrected chi connectivity index (χ1v) is 5.57. The van der Waals surface area contributed by atoms with Gasteiger partial charge in [-0.25, -0.2) is 10.1 Å². The van der Waals surface area contributed by atoms with Crippen LogP contribution >= 0.6 is 0 Å². The summed E-state index contributed by atoms with van der Waals surface area (Å²) >= 11 is 0. The lowest BCUT2D eigenvalue weighted by Crippen LogP contribution is -2.32. The molecule has 0 aromatic carbocycles. The Morgan fingerprint density at radius 1 is 1.41 bits per heavy atom. The summed E-state index contributed by atoms with van der Waals surface area (Å²) in [5.41, 5.74) is 1.05. The number of hydrogen-bond donors (Lipinski definition) is 0. The van der Waals surface area contributed by atoms with Gasteiger partial charge in [-0.2, -0.15) is 5.10 Å². The maximum absolute atomic E-state index is 12.0. The van der Waals surface area contributed by atoms with E-state index >= 15 is 0 Å². The SMILES string of the molecule is C=C1/C=C\C=C/N(N(C)C)/N=C\1C(=O)C(C)C. The van der Waals surface area contributed by atoms with Gasteiger partial charge in [-0.15, -0.1) is 0 Å². The maximum Gasteiger partial charge on any atom is 0.186 e. The van der Waals surface area contributed by atoms with E-state index in [4.69, 9.17) is 0 Å². The Bertz CT molecular complexity index is 403. The molecule has 0 saturated heterocycles. The van der Waals surface area contributed by atoms with E-state index in [1.165, 1.54) is 0 Å². The van der Waals surface area contributed by atoms with Gasteiger partial charge in [-0.1, -0.05) is 32.6 Å². The molecule has 0 spiro atoms. The fraction of sp³-hybridized carbons (Fsp3) is 0.385. The number of hydrogen-bond acceptors (Lipinski definition) is 4. The Hall–Kier alpha value is -1.68. The molecule has 0 aliphatic carbocycles. The highest BCUT2D eigenvalue weighted by Crippen LogP contribution is 2.10. The van der Waals surface area contributed by atoms with Crippen LogP contribution in [0.1, 0.15) is 13.8 Å². The summed E-state index contributed by atoms with van der Waals surface area (Å²) in [6.45, 7) is 7.59. The monoisotopic (exact) mass is 233 g/mol. The van der Waals surface area contributed by atoms with Crippen LogP contribution in [0.2, 0.25) is 0 Å². The molecular weight excluding hydrogens is 214 g/mol. The average molecular weight is 233 g/mol. The van der Waals surface area contributed by atoms with Crippen molar-refractivity contribution in [3.8, 4) is 0 Å². The van der Waals surface area contributed by atoms with Crippen LogP contribution in [0.3, 0.4) is 0 Å². The Labute approximate surface area is 103 Å². The van der Waals surface area contributed by atoms with Gasteiger partial charge in [0.15, 0.2) is 5.78 Å². The molecule has 0 atom stereocenters. The van der Waals surface area contributed by atoms with Gasteiger partial charge in [0.1, 0.15) is 5.71 Å². The number of allylic oxidation sites excluding steroid dienone is 4. The van der Waals surface area contributed by atoms with Crippen molar-refractivity contribution in [2.24, 2.45) is 11.0 Å². The van der Waals surface area contributed by atoms with Crippen LogP contribution in [0.15, 0.2) is 41.7 Å². The highest BCUT2D eigenvalue weighted by atomic mass is 16.1. The fourth-order valence-electron chi connectivity index (χ4n) is 1.28. The molecule has 1 aliphatic heterocycles. The van der Waals surface area contributed by atoms with Gasteiger partial charge in [-0.05, 0) is 11.6 Å². The Balaban J connectivity index is 3.16. The average Bonchev–Trinajstić information content (AvgIpc) is 2.23. The summed E-state index contributed by atoms with van der Waals surface area (Å²) in [7, 11) is 3.72. The van der Waals surface area contributed by atoms with E-state index in [2.05, 4.69) is 11.7 Å². The molecule has 4 nitrogen and oxygen atoms in total. The van der Waals surface area contributed by atoms with Gasteiger partial charge < -0.3 is 0 Å². The Morgan fingerprint density at radius 2 is 2.06 bits per heavy atom. The van der Waals surface area contributed by atoms with Crippen LogP contribution in [0.5, 0.6) is 0 Å². The maximum atomic E-state index is 12.0. The number of rotatable bonds is 3. The molecule has 0 fully saturated rings. The largest absolute Gasteiger partial charge is 0.292 e. The zero-order valence-electron chi connectivity index (χ0n) is 10.8.